The van der Waals surface area contributed by atoms with Crippen molar-refractivity contribution in [3.05, 3.63) is 0 Å². The van der Waals surface area contributed by atoms with Gasteiger partial charge in [-0.15, -0.1) is 0 Å². The fourth-order valence-electron chi connectivity index (χ4n) is 5.58. The first-order valence-corrected chi connectivity index (χ1v) is 14.2. The Kier molecular flexibility index (Phi) is 12.8. The molecule has 4 heterocycles. The second-order valence-corrected chi connectivity index (χ2v) is 11.2. The van der Waals surface area contributed by atoms with Crippen molar-refractivity contribution in [1.29, 1.82) is 0 Å². The predicted octanol–water partition coefficient (Wildman–Crippen LogP) is -9.78. The normalized spacial score (nSPS) is 52.9. The highest BCUT2D eigenvalue weighted by Gasteiger charge is 2.55. The summed E-state index contributed by atoms with van der Waals surface area (Å²) in [6.07, 6.45) is -32.6. The highest BCUT2D eigenvalue weighted by Crippen LogP contribution is 2.34. The predicted molar refractivity (Wildman–Crippen MR) is 136 cm³/mol. The molecule has 0 amide bonds. The molecule has 15 N–H and O–H groups in total. The molecule has 0 aromatic rings. The summed E-state index contributed by atoms with van der Waals surface area (Å²) < 4.78 is 38.1. The molecule has 4 saturated heterocycles. The lowest BCUT2D eigenvalue weighted by Crippen LogP contribution is -2.68. The lowest BCUT2D eigenvalue weighted by atomic mass is 9.95. The number of ether oxygens (including phenoxy) is 7. The number of hydrogen-bond donors (Lipinski definition) is 14. The van der Waals surface area contributed by atoms with Gasteiger partial charge in [0.1, 0.15) is 91.6 Å². The van der Waals surface area contributed by atoms with Crippen molar-refractivity contribution in [3.63, 3.8) is 0 Å². The molecular formula is C24H43NO20. The Bertz CT molecular complexity index is 918. The Balaban J connectivity index is 1.48. The number of rotatable bonds is 10. The summed E-state index contributed by atoms with van der Waals surface area (Å²) >= 11 is 0. The van der Waals surface area contributed by atoms with E-state index >= 15 is 0 Å². The Morgan fingerprint density at radius 1 is 0.400 bits per heavy atom. The molecule has 0 spiro atoms. The maximum Gasteiger partial charge on any atom is 0.187 e. The number of nitrogens with two attached hydrogens (primary N) is 1. The standard InChI is InChI=1S/C24H43NO20/c25-9-12(32)10(30)5(1-26)40-22(9)45-20-11(31)6(2-27)41-24(17(20)37)44-19-8(4-29)42-23(16(36)14(19)34)43-18-7(3-28)39-21(38)15(35)13(18)33/h5-24,26-38H,1-4,25H2/t5-,6-,7-,8-,9-,10+,11+,12-,13-,14-,15+,16-,17-,18-,19+,20+,21?,22+,23+,24-/m1/s1. The average molecular weight is 666 g/mol. The first-order chi connectivity index (χ1) is 21.3. The molecule has 4 rings (SSSR count). The highest BCUT2D eigenvalue weighted by atomic mass is 16.8. The Hall–Kier alpha value is -0.840. The molecular weight excluding hydrogens is 622 g/mol. The van der Waals surface area contributed by atoms with Crippen molar-refractivity contribution < 1.29 is 99.5 Å². The third-order valence-electron chi connectivity index (χ3n) is 8.28. The van der Waals surface area contributed by atoms with Gasteiger partial charge in [0.15, 0.2) is 25.2 Å². The van der Waals surface area contributed by atoms with E-state index in [1.165, 1.54) is 0 Å². The second kappa shape index (κ2) is 15.6. The number of aliphatic hydroxyl groups is 13. The van der Waals surface area contributed by atoms with Gasteiger partial charge in [-0.05, 0) is 0 Å². The third kappa shape index (κ3) is 7.44. The Morgan fingerprint density at radius 3 is 1.38 bits per heavy atom. The van der Waals surface area contributed by atoms with Crippen LogP contribution in [0.2, 0.25) is 0 Å². The van der Waals surface area contributed by atoms with Crippen LogP contribution in [0.1, 0.15) is 0 Å². The molecule has 0 aromatic carbocycles. The van der Waals surface area contributed by atoms with Crippen molar-refractivity contribution in [2.24, 2.45) is 5.73 Å². The summed E-state index contributed by atoms with van der Waals surface area (Å²) in [6.45, 7) is -3.30. The van der Waals surface area contributed by atoms with Crippen LogP contribution < -0.4 is 5.73 Å². The van der Waals surface area contributed by atoms with Crippen LogP contribution in [0.25, 0.3) is 0 Å². The molecule has 0 aliphatic carbocycles. The van der Waals surface area contributed by atoms with Gasteiger partial charge < -0.3 is 105 Å². The zero-order valence-electron chi connectivity index (χ0n) is 23.6. The van der Waals surface area contributed by atoms with Crippen molar-refractivity contribution in [2.45, 2.75) is 123 Å². The third-order valence-corrected chi connectivity index (χ3v) is 8.28. The van der Waals surface area contributed by atoms with Gasteiger partial charge in [0.2, 0.25) is 0 Å². The fraction of sp³-hybridized carbons (Fsp3) is 1.00. The summed E-state index contributed by atoms with van der Waals surface area (Å²) in [7, 11) is 0. The summed E-state index contributed by atoms with van der Waals surface area (Å²) in [5.41, 5.74) is 5.88. The number of aliphatic hydroxyl groups excluding tert-OH is 13. The van der Waals surface area contributed by atoms with Crippen LogP contribution in [0.4, 0.5) is 0 Å². The SMILES string of the molecule is N[C@H]1[C@H](O[C@H]2[C@@H](O)[C@@H](CO)O[C@H](O[C@@H]3[C@H](O)[C@@H](O)[C@H](O[C@H]4[C@H](O)[C@H](O)C(O)O[C@@H]4CO)O[C@@H]3CO)[C@@H]2O)O[C@H](CO)[C@H](O)[C@@H]1O. The molecule has 20 atom stereocenters. The molecule has 0 saturated carbocycles. The molecule has 0 radical (unpaired) electrons. The molecule has 0 aromatic heterocycles. The van der Waals surface area contributed by atoms with Crippen LogP contribution >= 0.6 is 0 Å². The van der Waals surface area contributed by atoms with Gasteiger partial charge in [-0.1, -0.05) is 0 Å². The topological polar surface area (TPSA) is 354 Å². The van der Waals surface area contributed by atoms with E-state index in [9.17, 15) is 66.4 Å². The summed E-state index contributed by atoms with van der Waals surface area (Å²) in [4.78, 5) is 0. The maximum absolute atomic E-state index is 11.1. The van der Waals surface area contributed by atoms with E-state index in [1.807, 2.05) is 0 Å². The quantitative estimate of drug-likeness (QED) is 0.103. The van der Waals surface area contributed by atoms with Gasteiger partial charge in [0.05, 0.1) is 32.5 Å². The zero-order chi connectivity index (χ0) is 33.3. The summed E-state index contributed by atoms with van der Waals surface area (Å²) in [5.74, 6) is 0. The Morgan fingerprint density at radius 2 is 0.822 bits per heavy atom. The van der Waals surface area contributed by atoms with E-state index in [4.69, 9.17) is 38.9 Å². The molecule has 21 nitrogen and oxygen atoms in total. The van der Waals surface area contributed by atoms with Gasteiger partial charge in [0.25, 0.3) is 0 Å². The first-order valence-electron chi connectivity index (χ1n) is 14.2. The lowest BCUT2D eigenvalue weighted by molar-refractivity contribution is -0.385. The van der Waals surface area contributed by atoms with Gasteiger partial charge in [-0.3, -0.25) is 0 Å². The van der Waals surface area contributed by atoms with Crippen molar-refractivity contribution in [1.82, 2.24) is 0 Å². The van der Waals surface area contributed by atoms with E-state index in [1.54, 1.807) is 0 Å². The minimum Gasteiger partial charge on any atom is -0.394 e. The van der Waals surface area contributed by atoms with Gasteiger partial charge in [-0.25, -0.2) is 0 Å². The average Bonchev–Trinajstić information content (AvgIpc) is 3.03. The van der Waals surface area contributed by atoms with Gasteiger partial charge in [-0.2, -0.15) is 0 Å². The van der Waals surface area contributed by atoms with Gasteiger partial charge in [0, 0.05) is 0 Å². The lowest BCUT2D eigenvalue weighted by Gasteiger charge is -2.49. The van der Waals surface area contributed by atoms with Crippen LogP contribution in [-0.4, -0.2) is 216 Å². The summed E-state index contributed by atoms with van der Waals surface area (Å²) in [6, 6.07) is -1.43. The van der Waals surface area contributed by atoms with Crippen LogP contribution in [-0.2, 0) is 33.2 Å². The van der Waals surface area contributed by atoms with E-state index in [2.05, 4.69) is 0 Å². The maximum atomic E-state index is 11.1. The zero-order valence-corrected chi connectivity index (χ0v) is 23.6. The van der Waals surface area contributed by atoms with Gasteiger partial charge >= 0.3 is 0 Å². The molecule has 4 fully saturated rings. The molecule has 4 aliphatic heterocycles. The van der Waals surface area contributed by atoms with E-state index in [0.717, 1.165) is 0 Å². The largest absolute Gasteiger partial charge is 0.394 e. The van der Waals surface area contributed by atoms with E-state index in [0.29, 0.717) is 0 Å². The molecule has 21 heteroatoms. The van der Waals surface area contributed by atoms with E-state index < -0.39 is 149 Å². The van der Waals surface area contributed by atoms with Crippen LogP contribution in [0.5, 0.6) is 0 Å². The van der Waals surface area contributed by atoms with E-state index in [-0.39, 0.29) is 0 Å². The van der Waals surface area contributed by atoms with Crippen LogP contribution in [0.3, 0.4) is 0 Å². The molecule has 4 aliphatic rings. The molecule has 264 valence electrons. The van der Waals surface area contributed by atoms with Crippen LogP contribution in [0, 0.1) is 0 Å². The fourth-order valence-corrected chi connectivity index (χ4v) is 5.58. The molecule has 45 heavy (non-hydrogen) atoms. The minimum absolute atomic E-state index is 0.750. The van der Waals surface area contributed by atoms with Crippen molar-refractivity contribution >= 4 is 0 Å². The highest BCUT2D eigenvalue weighted by molar-refractivity contribution is 4.98. The van der Waals surface area contributed by atoms with Crippen molar-refractivity contribution in [2.75, 3.05) is 26.4 Å². The minimum atomic E-state index is -2.00. The molecule has 0 bridgehead atoms. The van der Waals surface area contributed by atoms with Crippen molar-refractivity contribution in [3.8, 4) is 0 Å². The summed E-state index contributed by atoms with van der Waals surface area (Å²) in [5, 5.41) is 133. The van der Waals surface area contributed by atoms with Crippen LogP contribution in [0.15, 0.2) is 0 Å². The smallest absolute Gasteiger partial charge is 0.187 e. The second-order valence-electron chi connectivity index (χ2n) is 11.2. The molecule has 1 unspecified atom stereocenters. The first kappa shape index (κ1) is 37.0. The monoisotopic (exact) mass is 665 g/mol. The number of hydrogen-bond acceptors (Lipinski definition) is 21. The Labute approximate surface area is 255 Å².